The first-order valence-corrected chi connectivity index (χ1v) is 5.33. The Morgan fingerprint density at radius 3 is 3.12 bits per heavy atom. The highest BCUT2D eigenvalue weighted by Gasteiger charge is 2.13. The number of nitrogens with zero attached hydrogens (tertiary/aromatic N) is 1. The van der Waals surface area contributed by atoms with Crippen molar-refractivity contribution >= 4 is 16.9 Å². The van der Waals surface area contributed by atoms with E-state index in [1.807, 2.05) is 0 Å². The van der Waals surface area contributed by atoms with Crippen molar-refractivity contribution < 1.29 is 9.18 Å². The molecule has 5 nitrogen and oxygen atoms in total. The Morgan fingerprint density at radius 1 is 1.53 bits per heavy atom. The lowest BCUT2D eigenvalue weighted by Gasteiger charge is -2.05. The van der Waals surface area contributed by atoms with Gasteiger partial charge in [0.05, 0.1) is 17.4 Å². The van der Waals surface area contributed by atoms with Gasteiger partial charge in [0.25, 0.3) is 5.91 Å². The molecule has 0 aliphatic carbocycles. The summed E-state index contributed by atoms with van der Waals surface area (Å²) in [6.07, 6.45) is 2.12. The van der Waals surface area contributed by atoms with Crippen LogP contribution in [0.25, 0.3) is 11.0 Å². The maximum Gasteiger partial charge on any atom is 0.253 e. The van der Waals surface area contributed by atoms with Gasteiger partial charge in [-0.25, -0.2) is 9.37 Å². The minimum atomic E-state index is -0.467. The number of hydrogen-bond acceptors (Lipinski definition) is 3. The zero-order chi connectivity index (χ0) is 12.3. The SMILES string of the molecule is NCCCNC(=O)c1cc(F)cc2[nH]cnc12. The topological polar surface area (TPSA) is 83.8 Å². The maximum absolute atomic E-state index is 13.3. The Labute approximate surface area is 97.2 Å². The van der Waals surface area contributed by atoms with E-state index in [-0.39, 0.29) is 11.5 Å². The van der Waals surface area contributed by atoms with Gasteiger partial charge in [0.15, 0.2) is 0 Å². The second-order valence-corrected chi connectivity index (χ2v) is 3.65. The van der Waals surface area contributed by atoms with Crippen LogP contribution in [0.5, 0.6) is 0 Å². The molecule has 6 heteroatoms. The molecule has 0 saturated heterocycles. The summed E-state index contributed by atoms with van der Waals surface area (Å²) in [5.74, 6) is -0.805. The smallest absolute Gasteiger partial charge is 0.253 e. The van der Waals surface area contributed by atoms with E-state index in [0.717, 1.165) is 0 Å². The van der Waals surface area contributed by atoms with Crippen molar-refractivity contribution in [2.24, 2.45) is 5.73 Å². The number of aromatic amines is 1. The number of halogens is 1. The molecule has 0 aliphatic rings. The van der Waals surface area contributed by atoms with E-state index in [4.69, 9.17) is 5.73 Å². The molecule has 2 aromatic rings. The monoisotopic (exact) mass is 236 g/mol. The molecule has 0 saturated carbocycles. The average molecular weight is 236 g/mol. The molecule has 2 rings (SSSR count). The summed E-state index contributed by atoms with van der Waals surface area (Å²) in [6.45, 7) is 0.971. The van der Waals surface area contributed by atoms with Gasteiger partial charge < -0.3 is 16.0 Å². The van der Waals surface area contributed by atoms with E-state index >= 15 is 0 Å². The van der Waals surface area contributed by atoms with Crippen molar-refractivity contribution in [1.82, 2.24) is 15.3 Å². The van der Waals surface area contributed by atoms with Gasteiger partial charge in [0, 0.05) is 6.54 Å². The van der Waals surface area contributed by atoms with Crippen molar-refractivity contribution in [3.63, 3.8) is 0 Å². The largest absolute Gasteiger partial charge is 0.352 e. The average Bonchev–Trinajstić information content (AvgIpc) is 2.75. The lowest BCUT2D eigenvalue weighted by molar-refractivity contribution is 0.0954. The molecule has 1 amide bonds. The first-order valence-electron chi connectivity index (χ1n) is 5.33. The maximum atomic E-state index is 13.3. The van der Waals surface area contributed by atoms with Crippen LogP contribution in [0.15, 0.2) is 18.5 Å². The molecule has 0 aliphatic heterocycles. The number of nitrogens with one attached hydrogen (secondary N) is 2. The second-order valence-electron chi connectivity index (χ2n) is 3.65. The summed E-state index contributed by atoms with van der Waals surface area (Å²) in [6, 6.07) is 2.49. The second kappa shape index (κ2) is 4.92. The molecule has 0 spiro atoms. The van der Waals surface area contributed by atoms with E-state index in [9.17, 15) is 9.18 Å². The van der Waals surface area contributed by atoms with Gasteiger partial charge in [-0.05, 0) is 25.1 Å². The van der Waals surface area contributed by atoms with Gasteiger partial charge in [-0.1, -0.05) is 0 Å². The Bertz CT molecular complexity index is 537. The minimum absolute atomic E-state index is 0.235. The number of aromatic nitrogens is 2. The zero-order valence-electron chi connectivity index (χ0n) is 9.16. The molecular formula is C11H13FN4O. The molecule has 0 fully saturated rings. The van der Waals surface area contributed by atoms with Crippen molar-refractivity contribution in [2.75, 3.05) is 13.1 Å². The third-order valence-electron chi connectivity index (χ3n) is 2.40. The lowest BCUT2D eigenvalue weighted by atomic mass is 10.1. The van der Waals surface area contributed by atoms with Gasteiger partial charge in [0.1, 0.15) is 11.3 Å². The molecule has 17 heavy (non-hydrogen) atoms. The third kappa shape index (κ3) is 2.42. The normalized spacial score (nSPS) is 10.7. The molecule has 90 valence electrons. The number of H-pyrrole nitrogens is 1. The summed E-state index contributed by atoms with van der Waals surface area (Å²) < 4.78 is 13.3. The Morgan fingerprint density at radius 2 is 2.35 bits per heavy atom. The number of amides is 1. The van der Waals surface area contributed by atoms with Crippen molar-refractivity contribution in [3.05, 3.63) is 29.8 Å². The van der Waals surface area contributed by atoms with Crippen LogP contribution < -0.4 is 11.1 Å². The van der Waals surface area contributed by atoms with Gasteiger partial charge in [-0.3, -0.25) is 4.79 Å². The highest BCUT2D eigenvalue weighted by atomic mass is 19.1. The van der Waals surface area contributed by atoms with Gasteiger partial charge >= 0.3 is 0 Å². The van der Waals surface area contributed by atoms with Crippen molar-refractivity contribution in [1.29, 1.82) is 0 Å². The van der Waals surface area contributed by atoms with Gasteiger partial charge in [-0.15, -0.1) is 0 Å². The third-order valence-corrected chi connectivity index (χ3v) is 2.40. The first kappa shape index (κ1) is 11.5. The molecule has 0 unspecified atom stereocenters. The molecule has 1 aromatic carbocycles. The summed E-state index contributed by atoms with van der Waals surface area (Å²) in [5, 5.41) is 2.67. The Balaban J connectivity index is 2.27. The van der Waals surface area contributed by atoms with E-state index in [1.165, 1.54) is 18.5 Å². The van der Waals surface area contributed by atoms with E-state index in [1.54, 1.807) is 0 Å². The quantitative estimate of drug-likeness (QED) is 0.686. The van der Waals surface area contributed by atoms with Crippen LogP contribution in [-0.2, 0) is 0 Å². The van der Waals surface area contributed by atoms with Crippen molar-refractivity contribution in [2.45, 2.75) is 6.42 Å². The molecular weight excluding hydrogens is 223 g/mol. The number of nitrogens with two attached hydrogens (primary N) is 1. The molecule has 0 bridgehead atoms. The number of rotatable bonds is 4. The predicted molar refractivity (Wildman–Crippen MR) is 62.1 cm³/mol. The molecule has 0 radical (unpaired) electrons. The van der Waals surface area contributed by atoms with Crippen LogP contribution in [0, 0.1) is 5.82 Å². The summed E-state index contributed by atoms with van der Waals surface area (Å²) in [5.41, 5.74) is 6.53. The highest BCUT2D eigenvalue weighted by Crippen LogP contribution is 2.16. The molecule has 4 N–H and O–H groups in total. The number of carbonyl (C=O) groups excluding carboxylic acids is 1. The number of fused-ring (bicyclic) bond motifs is 1. The van der Waals surface area contributed by atoms with Crippen LogP contribution in [-0.4, -0.2) is 29.0 Å². The summed E-state index contributed by atoms with van der Waals surface area (Å²) in [7, 11) is 0. The van der Waals surface area contributed by atoms with Crippen LogP contribution >= 0.6 is 0 Å². The van der Waals surface area contributed by atoms with Gasteiger partial charge in [-0.2, -0.15) is 0 Å². The predicted octanol–water partition coefficient (Wildman–Crippen LogP) is 0.781. The lowest BCUT2D eigenvalue weighted by Crippen LogP contribution is -2.26. The fourth-order valence-electron chi connectivity index (χ4n) is 1.59. The van der Waals surface area contributed by atoms with Crippen LogP contribution in [0.2, 0.25) is 0 Å². The van der Waals surface area contributed by atoms with E-state index < -0.39 is 5.82 Å². The fourth-order valence-corrected chi connectivity index (χ4v) is 1.59. The fraction of sp³-hybridized carbons (Fsp3) is 0.273. The van der Waals surface area contributed by atoms with Crippen LogP contribution in [0.1, 0.15) is 16.8 Å². The minimum Gasteiger partial charge on any atom is -0.352 e. The standard InChI is InChI=1S/C11H13FN4O/c12-7-4-8(11(17)14-3-1-2-13)10-9(5-7)15-6-16-10/h4-6H,1-3,13H2,(H,14,17)(H,15,16). The molecule has 1 aromatic heterocycles. The zero-order valence-corrected chi connectivity index (χ0v) is 9.16. The highest BCUT2D eigenvalue weighted by molar-refractivity contribution is 6.04. The Hall–Kier alpha value is -1.95. The molecule has 0 atom stereocenters. The number of benzene rings is 1. The van der Waals surface area contributed by atoms with Crippen LogP contribution in [0.3, 0.4) is 0 Å². The van der Waals surface area contributed by atoms with Gasteiger partial charge in [0.2, 0.25) is 0 Å². The number of carbonyl (C=O) groups is 1. The Kier molecular flexibility index (Phi) is 3.34. The number of imidazole rings is 1. The number of hydrogen-bond donors (Lipinski definition) is 3. The summed E-state index contributed by atoms with van der Waals surface area (Å²) in [4.78, 5) is 18.6. The van der Waals surface area contributed by atoms with Crippen molar-refractivity contribution in [3.8, 4) is 0 Å². The first-order chi connectivity index (χ1) is 8.22. The summed E-state index contributed by atoms with van der Waals surface area (Å²) >= 11 is 0. The van der Waals surface area contributed by atoms with E-state index in [2.05, 4.69) is 15.3 Å². The van der Waals surface area contributed by atoms with Crippen LogP contribution in [0.4, 0.5) is 4.39 Å². The molecule has 1 heterocycles. The van der Waals surface area contributed by atoms with E-state index in [0.29, 0.717) is 30.5 Å².